The van der Waals surface area contributed by atoms with Crippen LogP contribution in [0.15, 0.2) is 35.9 Å². The van der Waals surface area contributed by atoms with E-state index in [0.717, 1.165) is 44.3 Å². The summed E-state index contributed by atoms with van der Waals surface area (Å²) < 4.78 is 11.2. The van der Waals surface area contributed by atoms with Crippen LogP contribution in [-0.4, -0.2) is 59.0 Å². The Bertz CT molecular complexity index is 956. The summed E-state index contributed by atoms with van der Waals surface area (Å²) in [5, 5.41) is 20.8. The minimum Gasteiger partial charge on any atom is -0.504 e. The molecule has 1 aromatic carbocycles. The molecule has 0 amide bonds. The first-order valence-corrected chi connectivity index (χ1v) is 11.8. The van der Waals surface area contributed by atoms with E-state index in [1.165, 1.54) is 18.8 Å². The van der Waals surface area contributed by atoms with Crippen LogP contribution in [-0.2, 0) is 9.53 Å². The van der Waals surface area contributed by atoms with Gasteiger partial charge < -0.3 is 19.7 Å². The highest BCUT2D eigenvalue weighted by Crippen LogP contribution is 2.59. The number of aliphatic hydroxyl groups is 1. The van der Waals surface area contributed by atoms with E-state index in [2.05, 4.69) is 17.9 Å². The normalized spacial score (nSPS) is 36.3. The minimum atomic E-state index is -0.379. The van der Waals surface area contributed by atoms with Gasteiger partial charge in [0.25, 0.3) is 0 Å². The standard InChI is InChI=1S/C26H33NO5/c1-16-15-26-19-5-3-11-27(26)12-4-6-20(26)22(14-18(19)25(16)30)32-24(29)10-8-17-7-9-21(28)23(13-17)31-2/h5,7-10,13,16,18,20,22,25,28,30H,3-4,6,11-12,14-15H2,1-2H3. The summed E-state index contributed by atoms with van der Waals surface area (Å²) in [6, 6.07) is 4.95. The third kappa shape index (κ3) is 3.35. The van der Waals surface area contributed by atoms with Crippen molar-refractivity contribution < 1.29 is 24.5 Å². The molecule has 6 nitrogen and oxygen atoms in total. The van der Waals surface area contributed by atoms with E-state index in [9.17, 15) is 15.0 Å². The second-order valence-electron chi connectivity index (χ2n) is 9.86. The number of hydrogen-bond acceptors (Lipinski definition) is 6. The number of esters is 1. The average molecular weight is 440 g/mol. The molecule has 2 aliphatic heterocycles. The van der Waals surface area contributed by atoms with Gasteiger partial charge in [0, 0.05) is 30.0 Å². The predicted molar refractivity (Wildman–Crippen MR) is 121 cm³/mol. The molecule has 5 rings (SSSR count). The zero-order valence-electron chi connectivity index (χ0n) is 18.9. The largest absolute Gasteiger partial charge is 0.504 e. The third-order valence-electron chi connectivity index (χ3n) is 8.23. The molecular formula is C26H33NO5. The maximum absolute atomic E-state index is 12.8. The highest BCUT2D eigenvalue weighted by Gasteiger charge is 2.62. The van der Waals surface area contributed by atoms with Crippen molar-refractivity contribution in [3.05, 3.63) is 41.5 Å². The average Bonchev–Trinajstić information content (AvgIpc) is 2.79. The van der Waals surface area contributed by atoms with Crippen LogP contribution in [0, 0.1) is 17.8 Å². The number of piperidine rings is 1. The van der Waals surface area contributed by atoms with Gasteiger partial charge in [-0.25, -0.2) is 4.79 Å². The zero-order valence-corrected chi connectivity index (χ0v) is 18.9. The second-order valence-corrected chi connectivity index (χ2v) is 9.86. The van der Waals surface area contributed by atoms with Crippen LogP contribution in [0.25, 0.3) is 6.08 Å². The van der Waals surface area contributed by atoms with E-state index >= 15 is 0 Å². The van der Waals surface area contributed by atoms with E-state index in [-0.39, 0.29) is 47.2 Å². The van der Waals surface area contributed by atoms with Gasteiger partial charge in [0.1, 0.15) is 6.10 Å². The highest BCUT2D eigenvalue weighted by molar-refractivity contribution is 5.87. The molecule has 32 heavy (non-hydrogen) atoms. The Kier molecular flexibility index (Phi) is 5.54. The minimum absolute atomic E-state index is 0.0585. The summed E-state index contributed by atoms with van der Waals surface area (Å²) in [7, 11) is 1.49. The summed E-state index contributed by atoms with van der Waals surface area (Å²) in [4.78, 5) is 15.4. The number of ether oxygens (including phenoxy) is 2. The molecule has 1 aromatic rings. The van der Waals surface area contributed by atoms with Crippen molar-refractivity contribution in [3.8, 4) is 11.5 Å². The molecule has 6 atom stereocenters. The van der Waals surface area contributed by atoms with Crippen molar-refractivity contribution >= 4 is 12.0 Å². The zero-order chi connectivity index (χ0) is 22.5. The molecule has 1 spiro atoms. The molecule has 1 saturated heterocycles. The number of rotatable bonds is 4. The molecule has 6 unspecified atom stereocenters. The fourth-order valence-electron chi connectivity index (χ4n) is 6.95. The van der Waals surface area contributed by atoms with Crippen LogP contribution in [0.1, 0.15) is 44.6 Å². The lowest BCUT2D eigenvalue weighted by Gasteiger charge is -2.65. The van der Waals surface area contributed by atoms with Crippen LogP contribution in [0.5, 0.6) is 11.5 Å². The summed E-state index contributed by atoms with van der Waals surface area (Å²) in [5.41, 5.74) is 2.11. The molecule has 172 valence electrons. The Hall–Kier alpha value is -2.31. The monoisotopic (exact) mass is 439 g/mol. The molecule has 2 saturated carbocycles. The van der Waals surface area contributed by atoms with Gasteiger partial charge in [0.05, 0.1) is 13.2 Å². The predicted octanol–water partition coefficient (Wildman–Crippen LogP) is 3.53. The molecule has 3 fully saturated rings. The summed E-state index contributed by atoms with van der Waals surface area (Å²) >= 11 is 0. The van der Waals surface area contributed by atoms with E-state index in [1.54, 1.807) is 24.3 Å². The first kappa shape index (κ1) is 21.5. The fraction of sp³-hybridized carbons (Fsp3) is 0.577. The lowest BCUT2D eigenvalue weighted by molar-refractivity contribution is -0.171. The van der Waals surface area contributed by atoms with Crippen LogP contribution >= 0.6 is 0 Å². The smallest absolute Gasteiger partial charge is 0.331 e. The molecule has 4 aliphatic rings. The van der Waals surface area contributed by atoms with Gasteiger partial charge in [-0.3, -0.25) is 4.90 Å². The van der Waals surface area contributed by atoms with Gasteiger partial charge >= 0.3 is 5.97 Å². The summed E-state index contributed by atoms with van der Waals surface area (Å²) in [6.07, 6.45) is 9.81. The molecule has 2 aliphatic carbocycles. The Morgan fingerprint density at radius 3 is 2.97 bits per heavy atom. The highest BCUT2D eigenvalue weighted by atomic mass is 16.5. The Balaban J connectivity index is 1.38. The van der Waals surface area contributed by atoms with Crippen LogP contribution in [0.3, 0.4) is 0 Å². The number of aliphatic hydroxyl groups excluding tert-OH is 1. The van der Waals surface area contributed by atoms with Crippen molar-refractivity contribution in [1.82, 2.24) is 4.90 Å². The van der Waals surface area contributed by atoms with Crippen molar-refractivity contribution in [1.29, 1.82) is 0 Å². The molecule has 0 aromatic heterocycles. The first-order chi connectivity index (χ1) is 15.4. The third-order valence-corrected chi connectivity index (χ3v) is 8.23. The number of nitrogens with zero attached hydrogens (tertiary/aromatic N) is 1. The van der Waals surface area contributed by atoms with Crippen molar-refractivity contribution in [2.75, 3.05) is 20.2 Å². The van der Waals surface area contributed by atoms with E-state index in [0.29, 0.717) is 12.2 Å². The summed E-state index contributed by atoms with van der Waals surface area (Å²) in [6.45, 7) is 4.31. The number of carbonyl (C=O) groups is 1. The quantitative estimate of drug-likeness (QED) is 0.425. The van der Waals surface area contributed by atoms with E-state index in [4.69, 9.17) is 9.47 Å². The lowest BCUT2D eigenvalue weighted by Crippen LogP contribution is -2.70. The maximum atomic E-state index is 12.8. The molecule has 6 heteroatoms. The molecular weight excluding hydrogens is 406 g/mol. The first-order valence-electron chi connectivity index (χ1n) is 11.8. The fourth-order valence-corrected chi connectivity index (χ4v) is 6.95. The van der Waals surface area contributed by atoms with Gasteiger partial charge in [0.15, 0.2) is 11.5 Å². The number of phenolic OH excluding ortho intramolecular Hbond substituents is 1. The Labute approximate surface area is 189 Å². The Morgan fingerprint density at radius 2 is 2.16 bits per heavy atom. The van der Waals surface area contributed by atoms with E-state index in [1.807, 2.05) is 0 Å². The van der Waals surface area contributed by atoms with Gasteiger partial charge in [0.2, 0.25) is 0 Å². The molecule has 0 radical (unpaired) electrons. The van der Waals surface area contributed by atoms with Crippen LogP contribution < -0.4 is 4.74 Å². The second kappa shape index (κ2) is 8.23. The van der Waals surface area contributed by atoms with Crippen molar-refractivity contribution in [3.63, 3.8) is 0 Å². The topological polar surface area (TPSA) is 79.2 Å². The number of aromatic hydroxyl groups is 1. The SMILES string of the molecule is COc1cc(C=CC(=O)OC2CC3C4=CCCN5CCCC2C45CC(C)C3O)ccc1O. The number of carbonyl (C=O) groups excluding carboxylic acids is 1. The van der Waals surface area contributed by atoms with Crippen molar-refractivity contribution in [2.45, 2.75) is 56.8 Å². The van der Waals surface area contributed by atoms with Gasteiger partial charge in [-0.2, -0.15) is 0 Å². The van der Waals surface area contributed by atoms with Gasteiger partial charge in [-0.15, -0.1) is 0 Å². The van der Waals surface area contributed by atoms with Crippen LogP contribution in [0.4, 0.5) is 0 Å². The summed E-state index contributed by atoms with van der Waals surface area (Å²) in [5.74, 6) is 0.658. The number of hydrogen-bond donors (Lipinski definition) is 2. The number of methoxy groups -OCH3 is 1. The molecule has 2 bridgehead atoms. The van der Waals surface area contributed by atoms with Crippen molar-refractivity contribution in [2.24, 2.45) is 17.8 Å². The van der Waals surface area contributed by atoms with Crippen LogP contribution in [0.2, 0.25) is 0 Å². The molecule has 2 N–H and O–H groups in total. The number of benzene rings is 1. The van der Waals surface area contributed by atoms with Gasteiger partial charge in [-0.1, -0.05) is 19.1 Å². The lowest BCUT2D eigenvalue weighted by atomic mass is 9.51. The van der Waals surface area contributed by atoms with E-state index < -0.39 is 0 Å². The Morgan fingerprint density at radius 1 is 1.31 bits per heavy atom. The van der Waals surface area contributed by atoms with Gasteiger partial charge in [-0.05, 0) is 73.9 Å². The maximum Gasteiger partial charge on any atom is 0.331 e. The number of phenols is 1. The molecule has 2 heterocycles.